The average Bonchev–Trinajstić information content (AvgIpc) is 2.93. The maximum atomic E-state index is 13.6. The third-order valence-electron chi connectivity index (χ3n) is 6.62. The van der Waals surface area contributed by atoms with Crippen LogP contribution in [0.25, 0.3) is 0 Å². The van der Waals surface area contributed by atoms with Gasteiger partial charge < -0.3 is 25.3 Å². The van der Waals surface area contributed by atoms with Crippen molar-refractivity contribution in [2.45, 2.75) is 26.8 Å². The lowest BCUT2D eigenvalue weighted by Gasteiger charge is -2.37. The molecule has 4 rings (SSSR count). The van der Waals surface area contributed by atoms with Gasteiger partial charge in [-0.3, -0.25) is 9.59 Å². The summed E-state index contributed by atoms with van der Waals surface area (Å²) in [6.07, 6.45) is 0.353. The van der Waals surface area contributed by atoms with Gasteiger partial charge >= 0.3 is 6.03 Å². The van der Waals surface area contributed by atoms with Crippen LogP contribution in [0.3, 0.4) is 0 Å². The van der Waals surface area contributed by atoms with Crippen LogP contribution in [0.15, 0.2) is 72.8 Å². The third kappa shape index (κ3) is 6.70. The topological polar surface area (TPSA) is 85.0 Å². The predicted octanol–water partition coefficient (Wildman–Crippen LogP) is 4.97. The first kappa shape index (κ1) is 26.7. The Hall–Kier alpha value is -4.33. The number of carbonyl (C=O) groups excluding carboxylic acids is 3. The van der Waals surface area contributed by atoms with E-state index in [4.69, 9.17) is 0 Å². The van der Waals surface area contributed by atoms with Crippen LogP contribution in [0, 0.1) is 6.92 Å². The molecule has 0 saturated carbocycles. The molecule has 198 valence electrons. The van der Waals surface area contributed by atoms with Crippen molar-refractivity contribution in [3.8, 4) is 0 Å². The second-order valence-electron chi connectivity index (χ2n) is 9.55. The average molecular weight is 514 g/mol. The molecule has 0 aromatic heterocycles. The van der Waals surface area contributed by atoms with Crippen molar-refractivity contribution in [2.24, 2.45) is 0 Å². The summed E-state index contributed by atoms with van der Waals surface area (Å²) >= 11 is 0. The van der Waals surface area contributed by atoms with E-state index < -0.39 is 0 Å². The molecule has 1 aliphatic heterocycles. The van der Waals surface area contributed by atoms with Crippen molar-refractivity contribution in [3.05, 3.63) is 89.5 Å². The highest BCUT2D eigenvalue weighted by Gasteiger charge is 2.26. The molecule has 38 heavy (non-hydrogen) atoms. The van der Waals surface area contributed by atoms with Gasteiger partial charge in [0.2, 0.25) is 5.91 Å². The van der Waals surface area contributed by atoms with Crippen molar-refractivity contribution in [2.75, 3.05) is 48.8 Å². The Labute approximate surface area is 224 Å². The number of anilines is 3. The lowest BCUT2D eigenvalue weighted by atomic mass is 10.1. The van der Waals surface area contributed by atoms with Gasteiger partial charge in [0.15, 0.2) is 0 Å². The van der Waals surface area contributed by atoms with Gasteiger partial charge in [0, 0.05) is 63.3 Å². The highest BCUT2D eigenvalue weighted by atomic mass is 16.2. The Morgan fingerprint density at radius 3 is 2.24 bits per heavy atom. The molecule has 8 heteroatoms. The van der Waals surface area contributed by atoms with Gasteiger partial charge in [-0.1, -0.05) is 49.4 Å². The van der Waals surface area contributed by atoms with E-state index in [9.17, 15) is 14.4 Å². The number of hydrogen-bond donors (Lipinski definition) is 2. The minimum absolute atomic E-state index is 0.109. The first-order chi connectivity index (χ1) is 18.3. The molecule has 0 spiro atoms. The van der Waals surface area contributed by atoms with E-state index in [1.807, 2.05) is 73.7 Å². The van der Waals surface area contributed by atoms with Gasteiger partial charge in [-0.05, 0) is 48.4 Å². The van der Waals surface area contributed by atoms with Gasteiger partial charge in [0.1, 0.15) is 0 Å². The van der Waals surface area contributed by atoms with Gasteiger partial charge in [-0.2, -0.15) is 0 Å². The SMILES string of the molecule is CCC(=O)Nc1ccc(N2CCN(C(=O)Nc3cccc(C)c3)CC2)c(C(=O)N(C)Cc2ccccc2)c1. The van der Waals surface area contributed by atoms with Gasteiger partial charge in [-0.15, -0.1) is 0 Å². The Balaban J connectivity index is 1.49. The molecule has 1 fully saturated rings. The van der Waals surface area contributed by atoms with Crippen LogP contribution in [-0.4, -0.2) is 60.9 Å². The zero-order valence-electron chi connectivity index (χ0n) is 22.2. The largest absolute Gasteiger partial charge is 0.367 e. The summed E-state index contributed by atoms with van der Waals surface area (Å²) in [7, 11) is 1.78. The summed E-state index contributed by atoms with van der Waals surface area (Å²) in [6.45, 7) is 6.48. The Morgan fingerprint density at radius 1 is 0.842 bits per heavy atom. The van der Waals surface area contributed by atoms with E-state index in [1.165, 1.54) is 0 Å². The molecule has 3 aromatic rings. The Kier molecular flexibility index (Phi) is 8.63. The summed E-state index contributed by atoms with van der Waals surface area (Å²) in [5, 5.41) is 5.84. The molecule has 0 radical (unpaired) electrons. The molecule has 0 aliphatic carbocycles. The lowest BCUT2D eigenvalue weighted by molar-refractivity contribution is -0.115. The summed E-state index contributed by atoms with van der Waals surface area (Å²) in [5.74, 6) is -0.238. The Bertz CT molecular complexity index is 1290. The number of amides is 4. The van der Waals surface area contributed by atoms with E-state index in [2.05, 4.69) is 15.5 Å². The van der Waals surface area contributed by atoms with Gasteiger partial charge in [0.05, 0.1) is 5.56 Å². The van der Waals surface area contributed by atoms with Gasteiger partial charge in [-0.25, -0.2) is 4.79 Å². The molecule has 4 amide bonds. The van der Waals surface area contributed by atoms with Crippen molar-refractivity contribution < 1.29 is 14.4 Å². The molecular formula is C30H35N5O3. The second-order valence-corrected chi connectivity index (χ2v) is 9.55. The molecule has 1 aliphatic rings. The van der Waals surface area contributed by atoms with E-state index in [-0.39, 0.29) is 17.8 Å². The van der Waals surface area contributed by atoms with E-state index in [0.29, 0.717) is 50.4 Å². The maximum absolute atomic E-state index is 13.6. The fourth-order valence-electron chi connectivity index (χ4n) is 4.52. The van der Waals surface area contributed by atoms with Crippen LogP contribution >= 0.6 is 0 Å². The smallest absolute Gasteiger partial charge is 0.321 e. The first-order valence-electron chi connectivity index (χ1n) is 12.9. The quantitative estimate of drug-likeness (QED) is 0.467. The van der Waals surface area contributed by atoms with Crippen molar-refractivity contribution >= 4 is 34.9 Å². The summed E-state index contributed by atoms with van der Waals surface area (Å²) in [5.41, 5.74) is 4.80. The fraction of sp³-hybridized carbons (Fsp3) is 0.300. The van der Waals surface area contributed by atoms with Crippen molar-refractivity contribution in [1.82, 2.24) is 9.80 Å². The fourth-order valence-corrected chi connectivity index (χ4v) is 4.52. The minimum atomic E-state index is -0.133. The number of piperazine rings is 1. The van der Waals surface area contributed by atoms with Gasteiger partial charge in [0.25, 0.3) is 5.91 Å². The molecule has 0 unspecified atom stereocenters. The number of hydrogen-bond acceptors (Lipinski definition) is 4. The lowest BCUT2D eigenvalue weighted by Crippen LogP contribution is -2.50. The molecule has 1 saturated heterocycles. The van der Waals surface area contributed by atoms with Crippen LogP contribution in [0.1, 0.15) is 34.8 Å². The highest BCUT2D eigenvalue weighted by molar-refractivity contribution is 6.02. The van der Waals surface area contributed by atoms with E-state index in [1.54, 1.807) is 29.8 Å². The number of aryl methyl sites for hydroxylation is 1. The number of nitrogens with zero attached hydrogens (tertiary/aromatic N) is 3. The molecule has 0 atom stereocenters. The molecular weight excluding hydrogens is 478 g/mol. The molecule has 2 N–H and O–H groups in total. The summed E-state index contributed by atoms with van der Waals surface area (Å²) in [6, 6.07) is 22.9. The molecule has 0 bridgehead atoms. The number of urea groups is 1. The van der Waals surface area contributed by atoms with Crippen LogP contribution in [-0.2, 0) is 11.3 Å². The van der Waals surface area contributed by atoms with Crippen LogP contribution in [0.4, 0.5) is 21.9 Å². The first-order valence-corrected chi connectivity index (χ1v) is 12.9. The second kappa shape index (κ2) is 12.3. The minimum Gasteiger partial charge on any atom is -0.367 e. The van der Waals surface area contributed by atoms with Crippen molar-refractivity contribution in [1.29, 1.82) is 0 Å². The number of benzene rings is 3. The van der Waals surface area contributed by atoms with Crippen molar-refractivity contribution in [3.63, 3.8) is 0 Å². The third-order valence-corrected chi connectivity index (χ3v) is 6.62. The molecule has 3 aromatic carbocycles. The van der Waals surface area contributed by atoms with E-state index >= 15 is 0 Å². The van der Waals surface area contributed by atoms with Crippen LogP contribution in [0.2, 0.25) is 0 Å². The van der Waals surface area contributed by atoms with Crippen LogP contribution in [0.5, 0.6) is 0 Å². The standard InChI is InChI=1S/C30H35N5O3/c1-4-28(36)31-25-13-14-27(26(20-25)29(37)33(3)21-23-10-6-5-7-11-23)34-15-17-35(18-16-34)30(38)32-24-12-8-9-22(2)19-24/h5-14,19-20H,4,15-18,21H2,1-3H3,(H,31,36)(H,32,38). The zero-order chi connectivity index (χ0) is 27.1. The number of nitrogens with one attached hydrogen (secondary N) is 2. The Morgan fingerprint density at radius 2 is 1.55 bits per heavy atom. The normalized spacial score (nSPS) is 13.1. The molecule has 1 heterocycles. The predicted molar refractivity (Wildman–Crippen MR) is 152 cm³/mol. The number of carbonyl (C=O) groups is 3. The van der Waals surface area contributed by atoms with E-state index in [0.717, 1.165) is 22.5 Å². The zero-order valence-corrected chi connectivity index (χ0v) is 22.2. The van der Waals surface area contributed by atoms with Crippen LogP contribution < -0.4 is 15.5 Å². The summed E-state index contributed by atoms with van der Waals surface area (Å²) in [4.78, 5) is 44.1. The monoisotopic (exact) mass is 513 g/mol. The summed E-state index contributed by atoms with van der Waals surface area (Å²) < 4.78 is 0. The highest BCUT2D eigenvalue weighted by Crippen LogP contribution is 2.28. The number of rotatable bonds is 7. The maximum Gasteiger partial charge on any atom is 0.321 e. The molecule has 8 nitrogen and oxygen atoms in total.